The normalized spacial score (nSPS) is 10.3. The van der Waals surface area contributed by atoms with Gasteiger partial charge in [-0.15, -0.1) is 0 Å². The Hall–Kier alpha value is -2.69. The van der Waals surface area contributed by atoms with Crippen molar-refractivity contribution in [3.63, 3.8) is 0 Å². The molecule has 3 aromatic rings. The molecule has 0 bridgehead atoms. The number of hydrogen-bond donors (Lipinski definition) is 1. The van der Waals surface area contributed by atoms with Crippen molar-refractivity contribution in [2.24, 2.45) is 0 Å². The molecule has 19 heavy (non-hydrogen) atoms. The van der Waals surface area contributed by atoms with Crippen molar-refractivity contribution in [1.82, 2.24) is 15.1 Å². The van der Waals surface area contributed by atoms with E-state index in [1.165, 1.54) is 0 Å². The smallest absolute Gasteiger partial charge is 0.322 e. The molecule has 94 valence electrons. The summed E-state index contributed by atoms with van der Waals surface area (Å²) in [5.41, 5.74) is 1.99. The third-order valence-electron chi connectivity index (χ3n) is 2.63. The summed E-state index contributed by atoms with van der Waals surface area (Å²) >= 11 is 0. The van der Waals surface area contributed by atoms with E-state index in [4.69, 9.17) is 4.52 Å². The Kier molecular flexibility index (Phi) is 3.18. The molecule has 0 fully saturated rings. The molecule has 2 aromatic heterocycles. The molecule has 2 heterocycles. The van der Waals surface area contributed by atoms with Crippen LogP contribution in [0.25, 0.3) is 11.4 Å². The summed E-state index contributed by atoms with van der Waals surface area (Å²) in [7, 11) is 0. The fourth-order valence-corrected chi connectivity index (χ4v) is 1.68. The Morgan fingerprint density at radius 2 is 1.95 bits per heavy atom. The minimum atomic E-state index is 0.405. The summed E-state index contributed by atoms with van der Waals surface area (Å²) in [6, 6.07) is 14.2. The standard InChI is InChI=1S/C14H12N4O/c1-2-5-11(6-3-1)9-16-14-17-13(18-19-14)12-7-4-8-15-10-12/h1-8,10H,9H2,(H,16,17,18). The molecule has 0 radical (unpaired) electrons. The molecule has 0 aliphatic heterocycles. The van der Waals surface area contributed by atoms with E-state index in [0.29, 0.717) is 18.4 Å². The largest absolute Gasteiger partial charge is 0.334 e. The molecule has 5 nitrogen and oxygen atoms in total. The van der Waals surface area contributed by atoms with Crippen molar-refractivity contribution >= 4 is 6.01 Å². The van der Waals surface area contributed by atoms with Crippen LogP contribution in [0.2, 0.25) is 0 Å². The molecule has 0 saturated heterocycles. The van der Waals surface area contributed by atoms with Crippen LogP contribution in [0.1, 0.15) is 5.56 Å². The molecule has 5 heteroatoms. The Bertz CT molecular complexity index is 637. The van der Waals surface area contributed by atoms with Crippen molar-refractivity contribution < 1.29 is 4.52 Å². The van der Waals surface area contributed by atoms with Gasteiger partial charge in [0.05, 0.1) is 0 Å². The fraction of sp³-hybridized carbons (Fsp3) is 0.0714. The second-order valence-corrected chi connectivity index (χ2v) is 4.00. The van der Waals surface area contributed by atoms with Crippen LogP contribution in [-0.4, -0.2) is 15.1 Å². The van der Waals surface area contributed by atoms with Crippen LogP contribution in [-0.2, 0) is 6.54 Å². The zero-order valence-corrected chi connectivity index (χ0v) is 10.2. The SMILES string of the molecule is c1ccc(CNc2nc(-c3cccnc3)no2)cc1. The highest BCUT2D eigenvalue weighted by atomic mass is 16.5. The van der Waals surface area contributed by atoms with E-state index in [0.717, 1.165) is 11.1 Å². The lowest BCUT2D eigenvalue weighted by molar-refractivity contribution is 0.432. The first-order chi connectivity index (χ1) is 9.42. The van der Waals surface area contributed by atoms with Crippen LogP contribution in [0.15, 0.2) is 59.4 Å². The van der Waals surface area contributed by atoms with Crippen molar-refractivity contribution in [3.05, 3.63) is 60.4 Å². The van der Waals surface area contributed by atoms with Gasteiger partial charge in [-0.05, 0) is 17.7 Å². The van der Waals surface area contributed by atoms with Crippen LogP contribution in [0.4, 0.5) is 6.01 Å². The molecular formula is C14H12N4O. The predicted molar refractivity (Wildman–Crippen MR) is 71.3 cm³/mol. The first-order valence-electron chi connectivity index (χ1n) is 5.94. The van der Waals surface area contributed by atoms with Crippen LogP contribution in [0, 0.1) is 0 Å². The van der Waals surface area contributed by atoms with Crippen LogP contribution >= 0.6 is 0 Å². The summed E-state index contributed by atoms with van der Waals surface area (Å²) in [6.45, 7) is 0.648. The maximum atomic E-state index is 5.14. The third kappa shape index (κ3) is 2.77. The van der Waals surface area contributed by atoms with Gasteiger partial charge in [0.2, 0.25) is 5.82 Å². The predicted octanol–water partition coefficient (Wildman–Crippen LogP) is 2.74. The first-order valence-corrected chi connectivity index (χ1v) is 5.94. The number of anilines is 1. The van der Waals surface area contributed by atoms with E-state index in [1.807, 2.05) is 42.5 Å². The third-order valence-corrected chi connectivity index (χ3v) is 2.63. The van der Waals surface area contributed by atoms with Gasteiger partial charge in [-0.1, -0.05) is 35.5 Å². The quantitative estimate of drug-likeness (QED) is 0.773. The monoisotopic (exact) mass is 252 g/mol. The van der Waals surface area contributed by atoms with E-state index in [-0.39, 0.29) is 0 Å². The molecule has 0 atom stereocenters. The van der Waals surface area contributed by atoms with Crippen LogP contribution < -0.4 is 5.32 Å². The zero-order valence-electron chi connectivity index (χ0n) is 10.2. The van der Waals surface area contributed by atoms with E-state index in [1.54, 1.807) is 12.4 Å². The molecule has 3 rings (SSSR count). The van der Waals surface area contributed by atoms with Gasteiger partial charge in [0, 0.05) is 24.5 Å². The summed E-state index contributed by atoms with van der Waals surface area (Å²) in [6.07, 6.45) is 3.41. The highest BCUT2D eigenvalue weighted by Crippen LogP contribution is 2.16. The van der Waals surface area contributed by atoms with Gasteiger partial charge in [-0.3, -0.25) is 4.98 Å². The molecular weight excluding hydrogens is 240 g/mol. The van der Waals surface area contributed by atoms with Crippen LogP contribution in [0.5, 0.6) is 0 Å². The highest BCUT2D eigenvalue weighted by molar-refractivity contribution is 5.53. The summed E-state index contributed by atoms with van der Waals surface area (Å²) in [5.74, 6) is 0.531. The van der Waals surface area contributed by atoms with Gasteiger partial charge in [0.15, 0.2) is 0 Å². The zero-order chi connectivity index (χ0) is 12.9. The molecule has 0 aliphatic carbocycles. The van der Waals surface area contributed by atoms with Crippen molar-refractivity contribution in [3.8, 4) is 11.4 Å². The first kappa shape index (κ1) is 11.4. The number of nitrogens with one attached hydrogen (secondary N) is 1. The summed E-state index contributed by atoms with van der Waals surface area (Å²) < 4.78 is 5.14. The topological polar surface area (TPSA) is 63.8 Å². The number of rotatable bonds is 4. The average molecular weight is 252 g/mol. The summed E-state index contributed by atoms with van der Waals surface area (Å²) in [4.78, 5) is 8.29. The second kappa shape index (κ2) is 5.30. The van der Waals surface area contributed by atoms with Gasteiger partial charge < -0.3 is 9.84 Å². The molecule has 0 saturated carbocycles. The number of pyridine rings is 1. The Labute approximate surface area is 110 Å². The van der Waals surface area contributed by atoms with E-state index >= 15 is 0 Å². The Morgan fingerprint density at radius 3 is 2.74 bits per heavy atom. The van der Waals surface area contributed by atoms with E-state index in [9.17, 15) is 0 Å². The number of hydrogen-bond acceptors (Lipinski definition) is 5. The maximum absolute atomic E-state index is 5.14. The summed E-state index contributed by atoms with van der Waals surface area (Å²) in [5, 5.41) is 7.00. The molecule has 1 aromatic carbocycles. The second-order valence-electron chi connectivity index (χ2n) is 4.00. The lowest BCUT2D eigenvalue weighted by Gasteiger charge is -1.99. The molecule has 0 spiro atoms. The lowest BCUT2D eigenvalue weighted by Crippen LogP contribution is -1.99. The van der Waals surface area contributed by atoms with Crippen molar-refractivity contribution in [2.45, 2.75) is 6.54 Å². The minimum absolute atomic E-state index is 0.405. The van der Waals surface area contributed by atoms with Gasteiger partial charge in [0.25, 0.3) is 0 Å². The van der Waals surface area contributed by atoms with Crippen molar-refractivity contribution in [1.29, 1.82) is 0 Å². The van der Waals surface area contributed by atoms with Crippen LogP contribution in [0.3, 0.4) is 0 Å². The Balaban J connectivity index is 1.69. The van der Waals surface area contributed by atoms with Gasteiger partial charge in [-0.2, -0.15) is 4.98 Å². The van der Waals surface area contributed by atoms with Gasteiger partial charge in [-0.25, -0.2) is 0 Å². The van der Waals surface area contributed by atoms with Crippen molar-refractivity contribution in [2.75, 3.05) is 5.32 Å². The average Bonchev–Trinajstić information content (AvgIpc) is 2.96. The van der Waals surface area contributed by atoms with Gasteiger partial charge in [0.1, 0.15) is 0 Å². The molecule has 0 unspecified atom stereocenters. The number of benzene rings is 1. The maximum Gasteiger partial charge on any atom is 0.322 e. The molecule has 0 amide bonds. The molecule has 1 N–H and O–H groups in total. The van der Waals surface area contributed by atoms with Gasteiger partial charge >= 0.3 is 6.01 Å². The van der Waals surface area contributed by atoms with E-state index < -0.39 is 0 Å². The Morgan fingerprint density at radius 1 is 1.05 bits per heavy atom. The lowest BCUT2D eigenvalue weighted by atomic mass is 10.2. The molecule has 0 aliphatic rings. The highest BCUT2D eigenvalue weighted by Gasteiger charge is 2.07. The fourth-order valence-electron chi connectivity index (χ4n) is 1.68. The minimum Gasteiger partial charge on any atom is -0.334 e. The number of nitrogens with zero attached hydrogens (tertiary/aromatic N) is 3. The number of aromatic nitrogens is 3. The van der Waals surface area contributed by atoms with E-state index in [2.05, 4.69) is 20.4 Å².